The lowest BCUT2D eigenvalue weighted by atomic mass is 10.1. The number of hydrogen-bond donors (Lipinski definition) is 1. The van der Waals surface area contributed by atoms with E-state index in [0.717, 1.165) is 19.4 Å². The predicted molar refractivity (Wildman–Crippen MR) is 65.3 cm³/mol. The number of nitrogens with one attached hydrogen (secondary N) is 1. The summed E-state index contributed by atoms with van der Waals surface area (Å²) >= 11 is 7.23. The van der Waals surface area contributed by atoms with Gasteiger partial charge in [-0.1, -0.05) is 11.6 Å². The second-order valence-electron chi connectivity index (χ2n) is 3.80. The quantitative estimate of drug-likeness (QED) is 0.906. The summed E-state index contributed by atoms with van der Waals surface area (Å²) in [6, 6.07) is 1.73. The van der Waals surface area contributed by atoms with Crippen LogP contribution in [0.25, 0.3) is 0 Å². The zero-order valence-corrected chi connectivity index (χ0v) is 10.4. The zero-order chi connectivity index (χ0) is 11.4. The number of hydrogen-bond acceptors (Lipinski definition) is 3. The van der Waals surface area contributed by atoms with Crippen LogP contribution in [0.3, 0.4) is 0 Å². The van der Waals surface area contributed by atoms with Crippen molar-refractivity contribution in [2.24, 2.45) is 0 Å². The molecule has 1 aliphatic rings. The lowest BCUT2D eigenvalue weighted by Gasteiger charge is -2.22. The molecule has 88 valence electrons. The smallest absolute Gasteiger partial charge is 0.262 e. The van der Waals surface area contributed by atoms with Crippen molar-refractivity contribution in [3.05, 3.63) is 21.3 Å². The summed E-state index contributed by atoms with van der Waals surface area (Å²) in [6.45, 7) is 1.38. The fourth-order valence-electron chi connectivity index (χ4n) is 1.71. The van der Waals surface area contributed by atoms with Crippen LogP contribution in [0.1, 0.15) is 28.9 Å². The molecule has 0 aromatic carbocycles. The molecule has 0 aliphatic carbocycles. The molecule has 3 nitrogen and oxygen atoms in total. The van der Waals surface area contributed by atoms with Crippen LogP contribution in [0.15, 0.2) is 11.4 Å². The van der Waals surface area contributed by atoms with Gasteiger partial charge in [0.2, 0.25) is 0 Å². The number of ether oxygens (including phenoxy) is 1. The van der Waals surface area contributed by atoms with Crippen LogP contribution in [0, 0.1) is 0 Å². The van der Waals surface area contributed by atoms with Crippen molar-refractivity contribution in [1.82, 2.24) is 5.32 Å². The van der Waals surface area contributed by atoms with E-state index in [1.165, 1.54) is 17.8 Å². The topological polar surface area (TPSA) is 38.3 Å². The van der Waals surface area contributed by atoms with Gasteiger partial charge in [0, 0.05) is 13.2 Å². The maximum Gasteiger partial charge on any atom is 0.262 e. The molecule has 16 heavy (non-hydrogen) atoms. The summed E-state index contributed by atoms with van der Waals surface area (Å²) in [6.07, 6.45) is 3.50. The van der Waals surface area contributed by atoms with Crippen LogP contribution in [0.4, 0.5) is 0 Å². The molecule has 0 bridgehead atoms. The van der Waals surface area contributed by atoms with Crippen molar-refractivity contribution in [1.29, 1.82) is 0 Å². The Labute approximate surface area is 104 Å². The molecule has 1 N–H and O–H groups in total. The minimum atomic E-state index is -0.103. The molecule has 5 heteroatoms. The van der Waals surface area contributed by atoms with Crippen LogP contribution in [0.5, 0.6) is 0 Å². The fraction of sp³-hybridized carbons (Fsp3) is 0.545. The Morgan fingerprint density at radius 3 is 3.12 bits per heavy atom. The highest BCUT2D eigenvalue weighted by Gasteiger charge is 2.16. The maximum atomic E-state index is 11.7. The third kappa shape index (κ3) is 2.97. The largest absolute Gasteiger partial charge is 0.376 e. The van der Waals surface area contributed by atoms with Gasteiger partial charge >= 0.3 is 0 Å². The predicted octanol–water partition coefficient (Wildman–Crippen LogP) is 2.70. The third-order valence-electron chi connectivity index (χ3n) is 2.59. The summed E-state index contributed by atoms with van der Waals surface area (Å²) in [7, 11) is 0. The number of carbonyl (C=O) groups is 1. The number of thiophene rings is 1. The van der Waals surface area contributed by atoms with E-state index in [4.69, 9.17) is 16.3 Å². The van der Waals surface area contributed by atoms with Crippen LogP contribution >= 0.6 is 22.9 Å². The molecule has 1 aromatic rings. The van der Waals surface area contributed by atoms with Crippen LogP contribution in [-0.4, -0.2) is 25.2 Å². The first-order valence-electron chi connectivity index (χ1n) is 5.40. The summed E-state index contributed by atoms with van der Waals surface area (Å²) in [4.78, 5) is 12.3. The molecule has 1 aliphatic heterocycles. The van der Waals surface area contributed by atoms with E-state index in [1.54, 1.807) is 6.07 Å². The van der Waals surface area contributed by atoms with E-state index < -0.39 is 0 Å². The Hall–Kier alpha value is -0.580. The molecule has 1 fully saturated rings. The Kier molecular flexibility index (Phi) is 4.21. The monoisotopic (exact) mass is 259 g/mol. The minimum Gasteiger partial charge on any atom is -0.376 e. The van der Waals surface area contributed by atoms with Crippen molar-refractivity contribution < 1.29 is 9.53 Å². The van der Waals surface area contributed by atoms with Crippen LogP contribution in [0.2, 0.25) is 5.02 Å². The highest BCUT2D eigenvalue weighted by Crippen LogP contribution is 2.21. The standard InChI is InChI=1S/C11H14ClNO2S/c12-9-4-6-16-10(9)11(14)13-7-8-3-1-2-5-15-8/h4,6,8H,1-3,5,7H2,(H,13,14)/t8-/m1/s1. The molecule has 1 atom stereocenters. The van der Waals surface area contributed by atoms with Gasteiger partial charge in [-0.15, -0.1) is 11.3 Å². The molecule has 0 unspecified atom stereocenters. The van der Waals surface area contributed by atoms with Crippen LogP contribution in [-0.2, 0) is 4.74 Å². The van der Waals surface area contributed by atoms with E-state index in [1.807, 2.05) is 5.38 Å². The van der Waals surface area contributed by atoms with Gasteiger partial charge < -0.3 is 10.1 Å². The number of carbonyl (C=O) groups excluding carboxylic acids is 1. The Bertz CT molecular complexity index is 361. The molecule has 0 saturated carbocycles. The zero-order valence-electron chi connectivity index (χ0n) is 8.87. The van der Waals surface area contributed by atoms with Gasteiger partial charge in [0.05, 0.1) is 11.1 Å². The van der Waals surface area contributed by atoms with Gasteiger partial charge in [-0.2, -0.15) is 0 Å². The first-order chi connectivity index (χ1) is 7.77. The van der Waals surface area contributed by atoms with Crippen molar-refractivity contribution in [2.75, 3.05) is 13.2 Å². The average Bonchev–Trinajstić information content (AvgIpc) is 2.74. The highest BCUT2D eigenvalue weighted by atomic mass is 35.5. The molecule has 0 spiro atoms. The molecule has 1 saturated heterocycles. The lowest BCUT2D eigenvalue weighted by molar-refractivity contribution is 0.0169. The van der Waals surface area contributed by atoms with E-state index in [2.05, 4.69) is 5.32 Å². The Morgan fingerprint density at radius 1 is 1.62 bits per heavy atom. The summed E-state index contributed by atoms with van der Waals surface area (Å²) < 4.78 is 5.53. The second-order valence-corrected chi connectivity index (χ2v) is 5.12. The van der Waals surface area contributed by atoms with E-state index in [9.17, 15) is 4.79 Å². The van der Waals surface area contributed by atoms with Crippen LogP contribution < -0.4 is 5.32 Å². The highest BCUT2D eigenvalue weighted by molar-refractivity contribution is 7.12. The SMILES string of the molecule is O=C(NC[C@H]1CCCCO1)c1sccc1Cl. The number of halogens is 1. The van der Waals surface area contributed by atoms with E-state index in [0.29, 0.717) is 16.4 Å². The molecular weight excluding hydrogens is 246 g/mol. The Morgan fingerprint density at radius 2 is 2.50 bits per heavy atom. The maximum absolute atomic E-state index is 11.7. The lowest BCUT2D eigenvalue weighted by Crippen LogP contribution is -2.35. The normalized spacial score (nSPS) is 20.7. The summed E-state index contributed by atoms with van der Waals surface area (Å²) in [5.74, 6) is -0.103. The molecule has 0 radical (unpaired) electrons. The fourth-order valence-corrected chi connectivity index (χ4v) is 2.77. The molecule has 2 heterocycles. The van der Waals surface area contributed by atoms with Gasteiger partial charge in [-0.05, 0) is 30.7 Å². The first kappa shape index (κ1) is 11.9. The number of amides is 1. The summed E-state index contributed by atoms with van der Waals surface area (Å²) in [5.41, 5.74) is 0. The second kappa shape index (κ2) is 5.66. The van der Waals surface area contributed by atoms with Gasteiger partial charge in [0.15, 0.2) is 0 Å². The van der Waals surface area contributed by atoms with Gasteiger partial charge in [-0.3, -0.25) is 4.79 Å². The Balaban J connectivity index is 1.81. The molecule has 2 rings (SSSR count). The summed E-state index contributed by atoms with van der Waals surface area (Å²) in [5, 5.41) is 5.19. The minimum absolute atomic E-state index is 0.103. The molecule has 1 amide bonds. The number of rotatable bonds is 3. The van der Waals surface area contributed by atoms with Crippen molar-refractivity contribution in [3.63, 3.8) is 0 Å². The van der Waals surface area contributed by atoms with E-state index in [-0.39, 0.29) is 12.0 Å². The third-order valence-corrected chi connectivity index (χ3v) is 3.93. The van der Waals surface area contributed by atoms with Gasteiger partial charge in [-0.25, -0.2) is 0 Å². The van der Waals surface area contributed by atoms with E-state index >= 15 is 0 Å². The van der Waals surface area contributed by atoms with Gasteiger partial charge in [0.1, 0.15) is 4.88 Å². The van der Waals surface area contributed by atoms with Gasteiger partial charge in [0.25, 0.3) is 5.91 Å². The van der Waals surface area contributed by atoms with Crippen molar-refractivity contribution >= 4 is 28.8 Å². The van der Waals surface area contributed by atoms with Crippen molar-refractivity contribution in [2.45, 2.75) is 25.4 Å². The molecule has 1 aromatic heterocycles. The molecular formula is C11H14ClNO2S. The first-order valence-corrected chi connectivity index (χ1v) is 6.66. The van der Waals surface area contributed by atoms with Crippen molar-refractivity contribution in [3.8, 4) is 0 Å². The average molecular weight is 260 g/mol.